The van der Waals surface area contributed by atoms with Crippen LogP contribution in [-0.2, 0) is 0 Å². The molecule has 1 N–H and O–H groups in total. The molecule has 1 amide bonds. The summed E-state index contributed by atoms with van der Waals surface area (Å²) >= 11 is 8.79. The second kappa shape index (κ2) is 8.64. The standard InChI is InChI=1S/C20H21BrN2O2S/c1-14-9-11-23(12-10-14)20(26)25-18-7-5-15(6-8-18)19(24)22-17-4-2-3-16(21)13-17/h2-8,13-14H,9-12H2,1H3,(H,22,24). The minimum Gasteiger partial charge on any atom is -0.432 e. The second-order valence-electron chi connectivity index (χ2n) is 6.53. The van der Waals surface area contributed by atoms with E-state index in [4.69, 9.17) is 17.0 Å². The molecule has 2 aromatic rings. The number of piperidine rings is 1. The smallest absolute Gasteiger partial charge is 0.264 e. The van der Waals surface area contributed by atoms with Crippen molar-refractivity contribution in [2.45, 2.75) is 19.8 Å². The average Bonchev–Trinajstić information content (AvgIpc) is 2.63. The first-order valence-electron chi connectivity index (χ1n) is 8.65. The Hall–Kier alpha value is -1.92. The number of nitrogens with zero attached hydrogens (tertiary/aromatic N) is 1. The van der Waals surface area contributed by atoms with E-state index in [1.807, 2.05) is 24.3 Å². The van der Waals surface area contributed by atoms with Crippen molar-refractivity contribution in [3.63, 3.8) is 0 Å². The third-order valence-electron chi connectivity index (χ3n) is 4.45. The molecule has 1 saturated heterocycles. The summed E-state index contributed by atoms with van der Waals surface area (Å²) in [5.41, 5.74) is 1.31. The normalized spacial score (nSPS) is 14.8. The summed E-state index contributed by atoms with van der Waals surface area (Å²) in [6.45, 7) is 4.14. The van der Waals surface area contributed by atoms with Gasteiger partial charge in [-0.15, -0.1) is 0 Å². The largest absolute Gasteiger partial charge is 0.432 e. The molecule has 4 nitrogen and oxygen atoms in total. The van der Waals surface area contributed by atoms with Crippen LogP contribution in [0, 0.1) is 5.92 Å². The molecule has 1 aliphatic rings. The van der Waals surface area contributed by atoms with E-state index < -0.39 is 0 Å². The lowest BCUT2D eigenvalue weighted by Crippen LogP contribution is -2.39. The van der Waals surface area contributed by atoms with Crippen molar-refractivity contribution in [1.29, 1.82) is 0 Å². The van der Waals surface area contributed by atoms with Crippen molar-refractivity contribution in [2.75, 3.05) is 18.4 Å². The number of halogens is 1. The minimum atomic E-state index is -0.165. The highest BCUT2D eigenvalue weighted by Gasteiger charge is 2.19. The Bertz CT molecular complexity index is 787. The van der Waals surface area contributed by atoms with Crippen LogP contribution in [0.25, 0.3) is 0 Å². The number of likely N-dealkylation sites (tertiary alicyclic amines) is 1. The molecule has 0 atom stereocenters. The first kappa shape index (κ1) is 18.9. The molecule has 1 fully saturated rings. The van der Waals surface area contributed by atoms with Gasteiger partial charge in [0, 0.05) is 28.8 Å². The van der Waals surface area contributed by atoms with Crippen molar-refractivity contribution in [3.05, 3.63) is 58.6 Å². The van der Waals surface area contributed by atoms with E-state index >= 15 is 0 Å². The fraction of sp³-hybridized carbons (Fsp3) is 0.300. The third kappa shape index (κ3) is 5.05. The second-order valence-corrected chi connectivity index (χ2v) is 7.79. The van der Waals surface area contributed by atoms with E-state index in [9.17, 15) is 4.79 Å². The zero-order valence-electron chi connectivity index (χ0n) is 14.6. The van der Waals surface area contributed by atoms with E-state index in [2.05, 4.69) is 33.1 Å². The molecule has 0 spiro atoms. The Labute approximate surface area is 167 Å². The van der Waals surface area contributed by atoms with E-state index in [1.54, 1.807) is 24.3 Å². The number of hydrogen-bond donors (Lipinski definition) is 1. The van der Waals surface area contributed by atoms with Crippen molar-refractivity contribution in [3.8, 4) is 5.75 Å². The number of anilines is 1. The van der Waals surface area contributed by atoms with Crippen LogP contribution < -0.4 is 10.1 Å². The van der Waals surface area contributed by atoms with E-state index in [0.717, 1.165) is 42.0 Å². The topological polar surface area (TPSA) is 41.6 Å². The van der Waals surface area contributed by atoms with Crippen molar-refractivity contribution in [2.24, 2.45) is 5.92 Å². The van der Waals surface area contributed by atoms with E-state index in [0.29, 0.717) is 16.5 Å². The molecule has 0 unspecified atom stereocenters. The number of carbonyl (C=O) groups is 1. The van der Waals surface area contributed by atoms with Gasteiger partial charge >= 0.3 is 0 Å². The maximum Gasteiger partial charge on any atom is 0.264 e. The molecule has 0 aliphatic carbocycles. The Morgan fingerprint density at radius 1 is 1.19 bits per heavy atom. The molecule has 136 valence electrons. The quantitative estimate of drug-likeness (QED) is 0.685. The number of thiocarbonyl (C=S) groups is 1. The maximum absolute atomic E-state index is 12.3. The van der Waals surface area contributed by atoms with Gasteiger partial charge in [-0.2, -0.15) is 0 Å². The maximum atomic E-state index is 12.3. The van der Waals surface area contributed by atoms with Crippen molar-refractivity contribution < 1.29 is 9.53 Å². The van der Waals surface area contributed by atoms with Crippen LogP contribution >= 0.6 is 28.1 Å². The fourth-order valence-corrected chi connectivity index (χ4v) is 3.48. The van der Waals surface area contributed by atoms with Crippen LogP contribution in [0.15, 0.2) is 53.0 Å². The first-order valence-corrected chi connectivity index (χ1v) is 9.85. The fourth-order valence-electron chi connectivity index (χ4n) is 2.80. The van der Waals surface area contributed by atoms with Gasteiger partial charge in [0.1, 0.15) is 5.75 Å². The summed E-state index contributed by atoms with van der Waals surface area (Å²) in [7, 11) is 0. The van der Waals surface area contributed by atoms with Crippen LogP contribution in [0.4, 0.5) is 5.69 Å². The molecule has 2 aromatic carbocycles. The number of amides is 1. The Morgan fingerprint density at radius 2 is 1.88 bits per heavy atom. The summed E-state index contributed by atoms with van der Waals surface area (Å²) in [5, 5.41) is 3.37. The highest BCUT2D eigenvalue weighted by molar-refractivity contribution is 9.10. The van der Waals surface area contributed by atoms with Gasteiger partial charge in [-0.1, -0.05) is 28.9 Å². The molecular weight excluding hydrogens is 412 g/mol. The van der Waals surface area contributed by atoms with Gasteiger partial charge < -0.3 is 15.0 Å². The molecule has 0 bridgehead atoms. The summed E-state index contributed by atoms with van der Waals surface area (Å²) in [5.74, 6) is 1.23. The van der Waals surface area contributed by atoms with Gasteiger partial charge in [0.2, 0.25) is 0 Å². The SMILES string of the molecule is CC1CCN(C(=S)Oc2ccc(C(=O)Nc3cccc(Br)c3)cc2)CC1. The van der Waals surface area contributed by atoms with Gasteiger partial charge in [0.15, 0.2) is 0 Å². The average molecular weight is 433 g/mol. The monoisotopic (exact) mass is 432 g/mol. The third-order valence-corrected chi connectivity index (χ3v) is 5.28. The number of ether oxygens (including phenoxy) is 1. The first-order chi connectivity index (χ1) is 12.5. The van der Waals surface area contributed by atoms with E-state index in [1.165, 1.54) is 0 Å². The lowest BCUT2D eigenvalue weighted by Gasteiger charge is -2.31. The molecule has 1 aliphatic heterocycles. The summed E-state index contributed by atoms with van der Waals surface area (Å²) in [4.78, 5) is 14.4. The number of benzene rings is 2. The number of rotatable bonds is 3. The van der Waals surface area contributed by atoms with E-state index in [-0.39, 0.29) is 5.91 Å². The zero-order chi connectivity index (χ0) is 18.5. The summed E-state index contributed by atoms with van der Waals surface area (Å²) < 4.78 is 6.69. The highest BCUT2D eigenvalue weighted by Crippen LogP contribution is 2.20. The molecule has 3 rings (SSSR count). The van der Waals surface area contributed by atoms with Crippen LogP contribution in [-0.4, -0.2) is 29.1 Å². The molecule has 6 heteroatoms. The van der Waals surface area contributed by atoms with Crippen LogP contribution in [0.1, 0.15) is 30.1 Å². The molecule has 26 heavy (non-hydrogen) atoms. The predicted molar refractivity (Wildman–Crippen MR) is 112 cm³/mol. The summed E-state index contributed by atoms with van der Waals surface area (Å²) in [6.07, 6.45) is 2.27. The number of nitrogens with one attached hydrogen (secondary N) is 1. The zero-order valence-corrected chi connectivity index (χ0v) is 17.0. The van der Waals surface area contributed by atoms with Crippen LogP contribution in [0.5, 0.6) is 5.75 Å². The van der Waals surface area contributed by atoms with Gasteiger partial charge in [0.05, 0.1) is 0 Å². The molecule has 0 radical (unpaired) electrons. The van der Waals surface area contributed by atoms with Gasteiger partial charge in [0.25, 0.3) is 11.1 Å². The van der Waals surface area contributed by atoms with Crippen LogP contribution in [0.3, 0.4) is 0 Å². The van der Waals surface area contributed by atoms with Gasteiger partial charge in [-0.3, -0.25) is 4.79 Å². The predicted octanol–water partition coefficient (Wildman–Crippen LogP) is 5.10. The molecule has 0 aromatic heterocycles. The lowest BCUT2D eigenvalue weighted by molar-refractivity contribution is 0.102. The Kier molecular flexibility index (Phi) is 6.27. The molecular formula is C20H21BrN2O2S. The van der Waals surface area contributed by atoms with Gasteiger partial charge in [-0.05, 0) is 73.4 Å². The summed E-state index contributed by atoms with van der Waals surface area (Å²) in [6, 6.07) is 14.5. The number of carbonyl (C=O) groups excluding carboxylic acids is 1. The molecule has 0 saturated carbocycles. The van der Waals surface area contributed by atoms with Crippen LogP contribution in [0.2, 0.25) is 0 Å². The molecule has 1 heterocycles. The minimum absolute atomic E-state index is 0.165. The number of hydrogen-bond acceptors (Lipinski definition) is 3. The highest BCUT2D eigenvalue weighted by atomic mass is 79.9. The van der Waals surface area contributed by atoms with Gasteiger partial charge in [-0.25, -0.2) is 0 Å². The lowest BCUT2D eigenvalue weighted by atomic mass is 10.00. The van der Waals surface area contributed by atoms with Crippen molar-refractivity contribution >= 4 is 44.9 Å². The Morgan fingerprint density at radius 3 is 2.54 bits per heavy atom. The Balaban J connectivity index is 1.57. The van der Waals surface area contributed by atoms with Crippen molar-refractivity contribution in [1.82, 2.24) is 4.90 Å².